The minimum Gasteiger partial charge on any atom is -0.417 e. The molecule has 0 amide bonds. The zero-order valence-corrected chi connectivity index (χ0v) is 24.0. The van der Waals surface area contributed by atoms with E-state index in [1.165, 1.54) is 10.2 Å². The molecule has 1 aromatic carbocycles. The first-order chi connectivity index (χ1) is 16.8. The number of piperidine rings is 1. The van der Waals surface area contributed by atoms with E-state index in [1.54, 1.807) is 36.5 Å². The summed E-state index contributed by atoms with van der Waals surface area (Å²) >= 11 is 0. The lowest BCUT2D eigenvalue weighted by Crippen LogP contribution is -2.44. The molecule has 196 valence electrons. The SMILES string of the molecule is Cc1ccc(S(=O)(=O)n2ccc3c(NN4CCC(CO[Si](C)(C)C(C)(C)C)CC4)c(N)cnc32)cc1. The minimum absolute atomic E-state index is 0.211. The molecule has 10 heteroatoms. The Morgan fingerprint density at radius 1 is 1.14 bits per heavy atom. The molecule has 0 bridgehead atoms. The van der Waals surface area contributed by atoms with Gasteiger partial charge in [-0.1, -0.05) is 38.5 Å². The third-order valence-electron chi connectivity index (χ3n) is 7.66. The number of anilines is 2. The quantitative estimate of drug-likeness (QED) is 0.404. The van der Waals surface area contributed by atoms with E-state index in [0.717, 1.165) is 38.1 Å². The van der Waals surface area contributed by atoms with Crippen LogP contribution in [0.25, 0.3) is 11.0 Å². The summed E-state index contributed by atoms with van der Waals surface area (Å²) in [7, 11) is -5.53. The van der Waals surface area contributed by atoms with Gasteiger partial charge in [0, 0.05) is 31.3 Å². The van der Waals surface area contributed by atoms with Crippen LogP contribution in [0.4, 0.5) is 11.4 Å². The fourth-order valence-electron chi connectivity index (χ4n) is 4.13. The molecule has 2 aromatic heterocycles. The number of nitrogens with two attached hydrogens (primary N) is 1. The van der Waals surface area contributed by atoms with Crippen molar-refractivity contribution in [3.05, 3.63) is 48.3 Å². The van der Waals surface area contributed by atoms with Gasteiger partial charge in [0.05, 0.1) is 22.5 Å². The number of aryl methyl sites for hydroxylation is 1. The molecule has 0 aliphatic carbocycles. The van der Waals surface area contributed by atoms with Crippen LogP contribution in [-0.2, 0) is 14.4 Å². The van der Waals surface area contributed by atoms with E-state index in [0.29, 0.717) is 28.3 Å². The monoisotopic (exact) mass is 529 g/mol. The van der Waals surface area contributed by atoms with Crippen LogP contribution in [0.5, 0.6) is 0 Å². The van der Waals surface area contributed by atoms with E-state index >= 15 is 0 Å². The zero-order chi connectivity index (χ0) is 26.3. The Balaban J connectivity index is 1.48. The van der Waals surface area contributed by atoms with Crippen molar-refractivity contribution in [2.45, 2.75) is 63.6 Å². The maximum Gasteiger partial charge on any atom is 0.269 e. The summed E-state index contributed by atoms with van der Waals surface area (Å²) in [4.78, 5) is 4.59. The molecule has 0 spiro atoms. The second-order valence-electron chi connectivity index (χ2n) is 11.4. The first-order valence-corrected chi connectivity index (χ1v) is 16.9. The minimum atomic E-state index is -3.78. The van der Waals surface area contributed by atoms with Crippen molar-refractivity contribution >= 4 is 40.7 Å². The van der Waals surface area contributed by atoms with Gasteiger partial charge < -0.3 is 15.6 Å². The van der Waals surface area contributed by atoms with E-state index in [4.69, 9.17) is 10.2 Å². The molecular weight excluding hydrogens is 490 g/mol. The first-order valence-electron chi connectivity index (χ1n) is 12.5. The molecule has 36 heavy (non-hydrogen) atoms. The van der Waals surface area contributed by atoms with Crippen molar-refractivity contribution in [2.75, 3.05) is 30.9 Å². The summed E-state index contributed by atoms with van der Waals surface area (Å²) in [5, 5.41) is 3.04. The molecule has 0 atom stereocenters. The van der Waals surface area contributed by atoms with Crippen LogP contribution in [0.3, 0.4) is 0 Å². The van der Waals surface area contributed by atoms with Gasteiger partial charge in [0.25, 0.3) is 10.0 Å². The predicted octanol–water partition coefficient (Wildman–Crippen LogP) is 5.22. The van der Waals surface area contributed by atoms with Gasteiger partial charge in [0.2, 0.25) is 0 Å². The van der Waals surface area contributed by atoms with Gasteiger partial charge >= 0.3 is 0 Å². The highest BCUT2D eigenvalue weighted by Gasteiger charge is 2.37. The molecule has 0 unspecified atom stereocenters. The van der Waals surface area contributed by atoms with Crippen molar-refractivity contribution in [2.24, 2.45) is 5.92 Å². The maximum absolute atomic E-state index is 13.3. The van der Waals surface area contributed by atoms with Crippen LogP contribution in [0, 0.1) is 12.8 Å². The number of hydrogen-bond donors (Lipinski definition) is 2. The van der Waals surface area contributed by atoms with Gasteiger partial charge in [-0.3, -0.25) is 0 Å². The number of nitrogen functional groups attached to an aromatic ring is 1. The number of benzene rings is 1. The smallest absolute Gasteiger partial charge is 0.269 e. The van der Waals surface area contributed by atoms with Gasteiger partial charge in [-0.2, -0.15) is 0 Å². The molecule has 1 aliphatic heterocycles. The van der Waals surface area contributed by atoms with Crippen LogP contribution in [0.1, 0.15) is 39.2 Å². The van der Waals surface area contributed by atoms with E-state index < -0.39 is 18.3 Å². The van der Waals surface area contributed by atoms with Gasteiger partial charge in [-0.25, -0.2) is 22.4 Å². The number of nitrogens with zero attached hydrogens (tertiary/aromatic N) is 3. The third-order valence-corrected chi connectivity index (χ3v) is 13.8. The summed E-state index contributed by atoms with van der Waals surface area (Å²) in [6, 6.07) is 8.57. The van der Waals surface area contributed by atoms with Crippen molar-refractivity contribution in [3.8, 4) is 0 Å². The molecule has 1 saturated heterocycles. The third kappa shape index (κ3) is 5.32. The Morgan fingerprint density at radius 2 is 1.78 bits per heavy atom. The topological polar surface area (TPSA) is 102 Å². The van der Waals surface area contributed by atoms with Crippen LogP contribution in [-0.4, -0.2) is 50.4 Å². The Kier molecular flexibility index (Phi) is 7.26. The largest absolute Gasteiger partial charge is 0.417 e. The Labute approximate surface area is 216 Å². The zero-order valence-electron chi connectivity index (χ0n) is 22.2. The highest BCUT2D eigenvalue weighted by molar-refractivity contribution is 7.90. The van der Waals surface area contributed by atoms with E-state index in [1.807, 2.05) is 6.92 Å². The molecule has 4 rings (SSSR count). The summed E-state index contributed by atoms with van der Waals surface area (Å²) < 4.78 is 34.3. The fraction of sp³-hybridized carbons (Fsp3) is 0.500. The molecule has 3 heterocycles. The number of rotatable bonds is 7. The lowest BCUT2D eigenvalue weighted by Gasteiger charge is -2.39. The number of pyridine rings is 1. The molecule has 1 aliphatic rings. The average Bonchev–Trinajstić information content (AvgIpc) is 3.25. The lowest BCUT2D eigenvalue weighted by molar-refractivity contribution is 0.150. The van der Waals surface area contributed by atoms with Crippen LogP contribution < -0.4 is 11.2 Å². The molecule has 3 N–H and O–H groups in total. The molecular formula is C26H39N5O3SSi. The van der Waals surface area contributed by atoms with Gasteiger partial charge in [0.15, 0.2) is 14.0 Å². The predicted molar refractivity (Wildman–Crippen MR) is 149 cm³/mol. The van der Waals surface area contributed by atoms with Crippen molar-refractivity contribution in [3.63, 3.8) is 0 Å². The summed E-state index contributed by atoms with van der Waals surface area (Å²) in [5.41, 5.74) is 12.3. The highest BCUT2D eigenvalue weighted by atomic mass is 32.2. The van der Waals surface area contributed by atoms with Gasteiger partial charge in [-0.15, -0.1) is 0 Å². The lowest BCUT2D eigenvalue weighted by atomic mass is 9.99. The van der Waals surface area contributed by atoms with Crippen LogP contribution >= 0.6 is 0 Å². The summed E-state index contributed by atoms with van der Waals surface area (Å²) in [6.45, 7) is 15.9. The van der Waals surface area contributed by atoms with E-state index in [2.05, 4.69) is 49.3 Å². The van der Waals surface area contributed by atoms with Crippen molar-refractivity contribution in [1.82, 2.24) is 14.0 Å². The second-order valence-corrected chi connectivity index (χ2v) is 18.0. The molecule has 8 nitrogen and oxygen atoms in total. The Hall–Kier alpha value is -2.40. The maximum atomic E-state index is 13.3. The standard InChI is InChI=1S/C26H39N5O3SSi/c1-19-7-9-21(10-8-19)35(32,33)31-16-13-22-24(23(27)17-28-25(22)31)29-30-14-11-20(12-15-30)18-34-36(5,6)26(2,3)4/h7-10,13,16-17,20H,11-12,14-15,18,27H2,1-6H3,(H,28,29). The summed E-state index contributed by atoms with van der Waals surface area (Å²) in [5.74, 6) is 0.535. The Morgan fingerprint density at radius 3 is 2.39 bits per heavy atom. The molecule has 1 fully saturated rings. The second kappa shape index (κ2) is 9.81. The van der Waals surface area contributed by atoms with Crippen LogP contribution in [0.2, 0.25) is 18.1 Å². The van der Waals surface area contributed by atoms with Crippen LogP contribution in [0.15, 0.2) is 47.6 Å². The molecule has 0 radical (unpaired) electrons. The highest BCUT2D eigenvalue weighted by Crippen LogP contribution is 2.37. The number of nitrogens with one attached hydrogen (secondary N) is 1. The van der Waals surface area contributed by atoms with Gasteiger partial charge in [0.1, 0.15) is 0 Å². The fourth-order valence-corrected chi connectivity index (χ4v) is 6.52. The normalized spacial score (nSPS) is 16.5. The number of hydrazine groups is 1. The molecule has 3 aromatic rings. The Bertz CT molecular complexity index is 1320. The van der Waals surface area contributed by atoms with Gasteiger partial charge in [-0.05, 0) is 62.0 Å². The van der Waals surface area contributed by atoms with E-state index in [9.17, 15) is 8.42 Å². The number of hydrogen-bond acceptors (Lipinski definition) is 7. The van der Waals surface area contributed by atoms with Crippen molar-refractivity contribution in [1.29, 1.82) is 0 Å². The van der Waals surface area contributed by atoms with Crippen molar-refractivity contribution < 1.29 is 12.8 Å². The van der Waals surface area contributed by atoms with E-state index in [-0.39, 0.29) is 9.93 Å². The number of fused-ring (bicyclic) bond motifs is 1. The number of aromatic nitrogens is 2. The average molecular weight is 530 g/mol. The molecule has 0 saturated carbocycles. The first kappa shape index (κ1) is 26.7. The summed E-state index contributed by atoms with van der Waals surface area (Å²) in [6.07, 6.45) is 5.12.